The fourth-order valence-electron chi connectivity index (χ4n) is 9.95. The first-order valence-electron chi connectivity index (χ1n) is 21.5. The van der Waals surface area contributed by atoms with Gasteiger partial charge in [-0.1, -0.05) is 112 Å². The molecule has 3 nitrogen and oxygen atoms in total. The molecule has 59 heavy (non-hydrogen) atoms. The number of hydrogen-bond acceptors (Lipinski definition) is 1. The van der Waals surface area contributed by atoms with Crippen LogP contribution in [0.1, 0.15) is 91.5 Å². The summed E-state index contributed by atoms with van der Waals surface area (Å²) in [6.07, 6.45) is 1.02. The van der Waals surface area contributed by atoms with E-state index in [1.165, 1.54) is 98.4 Å². The number of anilines is 3. The number of nitrogens with zero attached hydrogens (tertiary/aromatic N) is 3. The zero-order valence-corrected chi connectivity index (χ0v) is 36.2. The molecule has 0 saturated carbocycles. The molecule has 292 valence electrons. The summed E-state index contributed by atoms with van der Waals surface area (Å²) in [5, 5.41) is 10.6. The second-order valence-electron chi connectivity index (χ2n) is 20.3. The van der Waals surface area contributed by atoms with Crippen LogP contribution in [-0.4, -0.2) is 8.80 Å². The highest BCUT2D eigenvalue weighted by atomic mass is 15.1. The smallest absolute Gasteiger partial charge is 0.0620 e. The van der Waals surface area contributed by atoms with Crippen molar-refractivity contribution in [3.05, 3.63) is 150 Å². The minimum Gasteiger partial charge on any atom is -0.310 e. The monoisotopic (exact) mass is 767 g/mol. The van der Waals surface area contributed by atoms with Crippen LogP contribution in [-0.2, 0) is 22.7 Å². The predicted molar refractivity (Wildman–Crippen MR) is 256 cm³/mol. The molecule has 0 aliphatic heterocycles. The third-order valence-corrected chi connectivity index (χ3v) is 13.4. The molecule has 0 bridgehead atoms. The van der Waals surface area contributed by atoms with E-state index >= 15 is 0 Å². The van der Waals surface area contributed by atoms with Gasteiger partial charge in [0.05, 0.1) is 33.1 Å². The van der Waals surface area contributed by atoms with Crippen LogP contribution < -0.4 is 4.90 Å². The highest BCUT2D eigenvalue weighted by Crippen LogP contribution is 2.48. The van der Waals surface area contributed by atoms with Gasteiger partial charge in [0.2, 0.25) is 0 Å². The summed E-state index contributed by atoms with van der Waals surface area (Å²) < 4.78 is 5.16. The SMILES string of the molecule is CCc1ccc(N(c2ccccc2)c2ccc3c4cc(C(C)(C)C)cc5c6cc7c(cc6n(c3c2)c45)c2cc(C(C)(C)C)cc3c4cc(C(C)(C)C)ccc4n7c32)cc1. The van der Waals surface area contributed by atoms with E-state index in [0.29, 0.717) is 0 Å². The molecule has 11 rings (SSSR count). The topological polar surface area (TPSA) is 12.1 Å². The molecule has 0 saturated heterocycles. The van der Waals surface area contributed by atoms with Gasteiger partial charge in [-0.3, -0.25) is 0 Å². The Bertz CT molecular complexity index is 3450. The Hall–Kier alpha value is -6.06. The molecule has 7 aromatic carbocycles. The van der Waals surface area contributed by atoms with Gasteiger partial charge in [-0.15, -0.1) is 0 Å². The predicted octanol–water partition coefficient (Wildman–Crippen LogP) is 15.9. The van der Waals surface area contributed by atoms with Gasteiger partial charge < -0.3 is 13.7 Å². The number of rotatable bonds is 4. The number of aromatic nitrogens is 2. The average molecular weight is 768 g/mol. The van der Waals surface area contributed by atoms with Crippen molar-refractivity contribution in [3.63, 3.8) is 0 Å². The Labute approximate surface area is 347 Å². The molecule has 3 heteroatoms. The van der Waals surface area contributed by atoms with E-state index in [0.717, 1.165) is 23.5 Å². The first kappa shape index (κ1) is 36.1. The summed E-state index contributed by atoms with van der Waals surface area (Å²) in [5.41, 5.74) is 16.7. The maximum atomic E-state index is 2.58. The molecule has 0 atom stereocenters. The zero-order chi connectivity index (χ0) is 40.9. The van der Waals surface area contributed by atoms with Crippen LogP contribution >= 0.6 is 0 Å². The van der Waals surface area contributed by atoms with E-state index < -0.39 is 0 Å². The molecule has 0 aliphatic carbocycles. The zero-order valence-electron chi connectivity index (χ0n) is 36.2. The van der Waals surface area contributed by atoms with Crippen molar-refractivity contribution in [2.24, 2.45) is 0 Å². The van der Waals surface area contributed by atoms with Gasteiger partial charge >= 0.3 is 0 Å². The molecule has 0 radical (unpaired) electrons. The van der Waals surface area contributed by atoms with E-state index in [1.807, 2.05) is 0 Å². The molecule has 0 fully saturated rings. The van der Waals surface area contributed by atoms with Gasteiger partial charge in [0.25, 0.3) is 0 Å². The van der Waals surface area contributed by atoms with Crippen molar-refractivity contribution in [1.29, 1.82) is 0 Å². The molecule has 0 spiro atoms. The summed E-state index contributed by atoms with van der Waals surface area (Å²) >= 11 is 0. The summed E-state index contributed by atoms with van der Waals surface area (Å²) in [6, 6.07) is 49.2. The molecule has 0 unspecified atom stereocenters. The van der Waals surface area contributed by atoms with Crippen LogP contribution in [0.5, 0.6) is 0 Å². The van der Waals surface area contributed by atoms with Gasteiger partial charge in [-0.2, -0.15) is 0 Å². The number of hydrogen-bond donors (Lipinski definition) is 0. The van der Waals surface area contributed by atoms with Crippen LogP contribution in [0, 0.1) is 0 Å². The number of benzene rings is 7. The molecule has 4 heterocycles. The highest BCUT2D eigenvalue weighted by molar-refractivity contribution is 6.29. The van der Waals surface area contributed by atoms with Crippen molar-refractivity contribution in [2.75, 3.05) is 4.90 Å². The first-order valence-corrected chi connectivity index (χ1v) is 21.5. The second kappa shape index (κ2) is 12.0. The quantitative estimate of drug-likeness (QED) is 0.174. The Morgan fingerprint density at radius 3 is 1.34 bits per heavy atom. The summed E-state index contributed by atoms with van der Waals surface area (Å²) in [5.74, 6) is 0. The van der Waals surface area contributed by atoms with E-state index in [2.05, 4.69) is 210 Å². The average Bonchev–Trinajstić information content (AvgIpc) is 3.92. The fourth-order valence-corrected chi connectivity index (χ4v) is 9.95. The number of aryl methyl sites for hydroxylation is 1. The van der Waals surface area contributed by atoms with E-state index in [-0.39, 0.29) is 16.2 Å². The van der Waals surface area contributed by atoms with Crippen molar-refractivity contribution < 1.29 is 0 Å². The van der Waals surface area contributed by atoms with Gasteiger partial charge in [-0.05, 0) is 130 Å². The molecule has 0 amide bonds. The fraction of sp³-hybridized carbons (Fsp3) is 0.250. The number of fused-ring (bicyclic) bond motifs is 12. The minimum atomic E-state index is -0.0134. The van der Waals surface area contributed by atoms with E-state index in [1.54, 1.807) is 0 Å². The van der Waals surface area contributed by atoms with Gasteiger partial charge in [0.15, 0.2) is 0 Å². The third-order valence-electron chi connectivity index (χ3n) is 13.4. The summed E-state index contributed by atoms with van der Waals surface area (Å²) in [4.78, 5) is 2.40. The largest absolute Gasteiger partial charge is 0.310 e. The molecule has 0 aliphatic rings. The molecule has 4 aromatic heterocycles. The first-order chi connectivity index (χ1) is 28.1. The van der Waals surface area contributed by atoms with Crippen LogP contribution in [0.4, 0.5) is 17.1 Å². The molecular weight excluding hydrogens is 715 g/mol. The van der Waals surface area contributed by atoms with Crippen LogP contribution in [0.2, 0.25) is 0 Å². The highest BCUT2D eigenvalue weighted by Gasteiger charge is 2.28. The van der Waals surface area contributed by atoms with Crippen molar-refractivity contribution in [2.45, 2.75) is 91.9 Å². The van der Waals surface area contributed by atoms with Crippen LogP contribution in [0.25, 0.3) is 76.2 Å². The Morgan fingerprint density at radius 1 is 0.373 bits per heavy atom. The summed E-state index contributed by atoms with van der Waals surface area (Å²) in [7, 11) is 0. The normalized spacial score (nSPS) is 13.3. The van der Waals surface area contributed by atoms with Crippen molar-refractivity contribution in [3.8, 4) is 0 Å². The lowest BCUT2D eigenvalue weighted by Crippen LogP contribution is -2.11. The Morgan fingerprint density at radius 2 is 0.814 bits per heavy atom. The van der Waals surface area contributed by atoms with Crippen LogP contribution in [0.15, 0.2) is 127 Å². The van der Waals surface area contributed by atoms with E-state index in [4.69, 9.17) is 0 Å². The third kappa shape index (κ3) is 5.19. The molecule has 11 aromatic rings. The molecular formula is C56H53N3. The van der Waals surface area contributed by atoms with Gasteiger partial charge in [-0.25, -0.2) is 0 Å². The molecule has 0 N–H and O–H groups in total. The van der Waals surface area contributed by atoms with Crippen molar-refractivity contribution in [1.82, 2.24) is 8.80 Å². The van der Waals surface area contributed by atoms with Gasteiger partial charge in [0.1, 0.15) is 0 Å². The van der Waals surface area contributed by atoms with Crippen LogP contribution in [0.3, 0.4) is 0 Å². The summed E-state index contributed by atoms with van der Waals surface area (Å²) in [6.45, 7) is 23.3. The minimum absolute atomic E-state index is 0.000503. The van der Waals surface area contributed by atoms with E-state index in [9.17, 15) is 0 Å². The maximum Gasteiger partial charge on any atom is 0.0620 e. The van der Waals surface area contributed by atoms with Crippen molar-refractivity contribution >= 4 is 93.3 Å². The second-order valence-corrected chi connectivity index (χ2v) is 20.3. The lowest BCUT2D eigenvalue weighted by molar-refractivity contribution is 0.590. The Balaban J connectivity index is 1.27. The lowest BCUT2D eigenvalue weighted by atomic mass is 9.84. The Kier molecular flexibility index (Phi) is 7.34. The van der Waals surface area contributed by atoms with Gasteiger partial charge in [0, 0.05) is 60.2 Å². The standard InChI is InChI=1S/C56H53N3/c1-11-33-17-20-38(21-18-33)57(37-15-13-12-14-16-37)39-22-23-40-44-26-35(55(5,6)7)28-46-43-31-50-42(32-51(43)59(52(44)46)49(40)30-39)47-29-36(56(8,9)10)27-45-41-25-34(54(2,3)4)19-24-48(41)58(50)53(45)47/h12-32H,11H2,1-10H3. The number of para-hydroxylation sites is 1. The lowest BCUT2D eigenvalue weighted by Gasteiger charge is -2.25. The maximum absolute atomic E-state index is 2.58.